The Hall–Kier alpha value is -1.06. The lowest BCUT2D eigenvalue weighted by atomic mass is 10.0. The lowest BCUT2D eigenvalue weighted by molar-refractivity contribution is 0.188. The Balaban J connectivity index is 2.72. The number of hydrogen-bond donors (Lipinski definition) is 1. The monoisotopic (exact) mass is 251 g/mol. The van der Waals surface area contributed by atoms with E-state index in [1.54, 1.807) is 14.2 Å². The second-order valence-electron chi connectivity index (χ2n) is 4.38. The Morgan fingerprint density at radius 3 is 2.67 bits per heavy atom. The number of methoxy groups -OCH3 is 2. The predicted molar refractivity (Wildman–Crippen MR) is 75.1 cm³/mol. The van der Waals surface area contributed by atoms with Crippen LogP contribution in [0.3, 0.4) is 0 Å². The van der Waals surface area contributed by atoms with Gasteiger partial charge >= 0.3 is 0 Å². The fraction of sp³-hybridized carbons (Fsp3) is 0.600. The summed E-state index contributed by atoms with van der Waals surface area (Å²) in [5, 5.41) is 3.58. The summed E-state index contributed by atoms with van der Waals surface area (Å²) in [6.07, 6.45) is 3.25. The molecule has 1 aromatic rings. The maximum absolute atomic E-state index is 5.44. The van der Waals surface area contributed by atoms with Crippen LogP contribution in [0.5, 0.6) is 5.75 Å². The first-order valence-electron chi connectivity index (χ1n) is 6.68. The van der Waals surface area contributed by atoms with Gasteiger partial charge < -0.3 is 14.8 Å². The summed E-state index contributed by atoms with van der Waals surface area (Å²) in [4.78, 5) is 0. The van der Waals surface area contributed by atoms with E-state index in [2.05, 4.69) is 24.4 Å². The van der Waals surface area contributed by atoms with Gasteiger partial charge in [-0.05, 0) is 31.9 Å². The molecule has 0 radical (unpaired) electrons. The van der Waals surface area contributed by atoms with Gasteiger partial charge in [-0.25, -0.2) is 0 Å². The van der Waals surface area contributed by atoms with Crippen molar-refractivity contribution in [3.8, 4) is 5.75 Å². The van der Waals surface area contributed by atoms with Gasteiger partial charge in [0.2, 0.25) is 0 Å². The molecule has 0 aliphatic rings. The Bertz CT molecular complexity index is 328. The molecular formula is C15H25NO2. The molecule has 1 aromatic carbocycles. The number of rotatable bonds is 9. The molecule has 0 amide bonds. The van der Waals surface area contributed by atoms with Crippen molar-refractivity contribution in [2.24, 2.45) is 0 Å². The Morgan fingerprint density at radius 2 is 2.00 bits per heavy atom. The van der Waals surface area contributed by atoms with Gasteiger partial charge in [0.05, 0.1) is 7.11 Å². The van der Waals surface area contributed by atoms with Gasteiger partial charge in [0, 0.05) is 25.3 Å². The standard InChI is InChI=1S/C15H25NO2/c1-4-11-16-14(9-7-12-17-2)13-8-5-6-10-15(13)18-3/h5-6,8,10,14,16H,4,7,9,11-12H2,1-3H3. The van der Waals surface area contributed by atoms with Gasteiger partial charge in [-0.15, -0.1) is 0 Å². The first kappa shape index (κ1) is 15.0. The minimum absolute atomic E-state index is 0.344. The fourth-order valence-electron chi connectivity index (χ4n) is 2.07. The Morgan fingerprint density at radius 1 is 1.22 bits per heavy atom. The van der Waals surface area contributed by atoms with Crippen LogP contribution in [0.1, 0.15) is 37.8 Å². The van der Waals surface area contributed by atoms with Gasteiger partial charge in [-0.2, -0.15) is 0 Å². The molecule has 0 aromatic heterocycles. The van der Waals surface area contributed by atoms with E-state index in [0.717, 1.165) is 38.2 Å². The molecule has 0 spiro atoms. The molecule has 1 atom stereocenters. The van der Waals surface area contributed by atoms with Crippen LogP contribution in [0.15, 0.2) is 24.3 Å². The normalized spacial score (nSPS) is 12.4. The molecule has 1 rings (SSSR count). The number of hydrogen-bond acceptors (Lipinski definition) is 3. The van der Waals surface area contributed by atoms with Crippen molar-refractivity contribution in [3.63, 3.8) is 0 Å². The van der Waals surface area contributed by atoms with E-state index in [0.29, 0.717) is 6.04 Å². The highest BCUT2D eigenvalue weighted by atomic mass is 16.5. The highest BCUT2D eigenvalue weighted by molar-refractivity contribution is 5.35. The topological polar surface area (TPSA) is 30.5 Å². The Kier molecular flexibility index (Phi) is 7.46. The van der Waals surface area contributed by atoms with Crippen molar-refractivity contribution in [1.29, 1.82) is 0 Å². The third-order valence-corrected chi connectivity index (χ3v) is 3.00. The van der Waals surface area contributed by atoms with Crippen LogP contribution < -0.4 is 10.1 Å². The Labute approximate surface area is 110 Å². The zero-order chi connectivity index (χ0) is 13.2. The van der Waals surface area contributed by atoms with Crippen molar-refractivity contribution in [2.75, 3.05) is 27.4 Å². The first-order chi connectivity index (χ1) is 8.83. The average Bonchev–Trinajstić information content (AvgIpc) is 2.42. The molecule has 18 heavy (non-hydrogen) atoms. The summed E-state index contributed by atoms with van der Waals surface area (Å²) in [6, 6.07) is 8.57. The summed E-state index contributed by atoms with van der Waals surface area (Å²) in [6.45, 7) is 4.01. The molecule has 102 valence electrons. The number of para-hydroxylation sites is 1. The molecule has 0 fully saturated rings. The molecule has 3 nitrogen and oxygen atoms in total. The smallest absolute Gasteiger partial charge is 0.123 e. The van der Waals surface area contributed by atoms with Crippen LogP contribution in [0.25, 0.3) is 0 Å². The van der Waals surface area contributed by atoms with Gasteiger partial charge in [0.1, 0.15) is 5.75 Å². The maximum Gasteiger partial charge on any atom is 0.123 e. The van der Waals surface area contributed by atoms with Crippen LogP contribution in [0, 0.1) is 0 Å². The second-order valence-corrected chi connectivity index (χ2v) is 4.38. The number of ether oxygens (including phenoxy) is 2. The van der Waals surface area contributed by atoms with Crippen molar-refractivity contribution in [1.82, 2.24) is 5.32 Å². The van der Waals surface area contributed by atoms with E-state index < -0.39 is 0 Å². The van der Waals surface area contributed by atoms with Crippen LogP contribution in [0.4, 0.5) is 0 Å². The summed E-state index contributed by atoms with van der Waals surface area (Å²) >= 11 is 0. The third kappa shape index (κ3) is 4.67. The van der Waals surface area contributed by atoms with Crippen LogP contribution in [-0.2, 0) is 4.74 Å². The summed E-state index contributed by atoms with van der Waals surface area (Å²) in [5.41, 5.74) is 1.24. The van der Waals surface area contributed by atoms with Crippen molar-refractivity contribution in [3.05, 3.63) is 29.8 Å². The molecule has 0 heterocycles. The lowest BCUT2D eigenvalue weighted by Crippen LogP contribution is -2.23. The average molecular weight is 251 g/mol. The summed E-state index contributed by atoms with van der Waals surface area (Å²) < 4.78 is 10.6. The van der Waals surface area contributed by atoms with E-state index in [9.17, 15) is 0 Å². The van der Waals surface area contributed by atoms with Crippen molar-refractivity contribution >= 4 is 0 Å². The predicted octanol–water partition coefficient (Wildman–Crippen LogP) is 3.16. The van der Waals surface area contributed by atoms with Crippen molar-refractivity contribution in [2.45, 2.75) is 32.2 Å². The number of nitrogens with one attached hydrogen (secondary N) is 1. The zero-order valence-corrected chi connectivity index (χ0v) is 11.7. The molecular weight excluding hydrogens is 226 g/mol. The van der Waals surface area contributed by atoms with E-state index in [1.165, 1.54) is 5.56 Å². The number of benzene rings is 1. The molecule has 1 N–H and O–H groups in total. The van der Waals surface area contributed by atoms with Gasteiger partial charge in [-0.3, -0.25) is 0 Å². The second kappa shape index (κ2) is 8.95. The molecule has 0 aliphatic carbocycles. The molecule has 1 unspecified atom stereocenters. The van der Waals surface area contributed by atoms with E-state index in [1.807, 2.05) is 12.1 Å². The fourth-order valence-corrected chi connectivity index (χ4v) is 2.07. The SMILES string of the molecule is CCCNC(CCCOC)c1ccccc1OC. The molecule has 0 aliphatic heterocycles. The minimum atomic E-state index is 0.344. The van der Waals surface area contributed by atoms with E-state index in [4.69, 9.17) is 9.47 Å². The highest BCUT2D eigenvalue weighted by Gasteiger charge is 2.14. The largest absolute Gasteiger partial charge is 0.496 e. The highest BCUT2D eigenvalue weighted by Crippen LogP contribution is 2.27. The van der Waals surface area contributed by atoms with Crippen LogP contribution >= 0.6 is 0 Å². The first-order valence-corrected chi connectivity index (χ1v) is 6.68. The van der Waals surface area contributed by atoms with Gasteiger partial charge in [-0.1, -0.05) is 25.1 Å². The molecule has 0 saturated heterocycles. The van der Waals surface area contributed by atoms with E-state index in [-0.39, 0.29) is 0 Å². The minimum Gasteiger partial charge on any atom is -0.496 e. The summed E-state index contributed by atoms with van der Waals surface area (Å²) in [7, 11) is 3.47. The van der Waals surface area contributed by atoms with Gasteiger partial charge in [0.25, 0.3) is 0 Å². The van der Waals surface area contributed by atoms with Gasteiger partial charge in [0.15, 0.2) is 0 Å². The lowest BCUT2D eigenvalue weighted by Gasteiger charge is -2.21. The summed E-state index contributed by atoms with van der Waals surface area (Å²) in [5.74, 6) is 0.962. The van der Waals surface area contributed by atoms with E-state index >= 15 is 0 Å². The quantitative estimate of drug-likeness (QED) is 0.684. The van der Waals surface area contributed by atoms with Crippen LogP contribution in [0.2, 0.25) is 0 Å². The molecule has 3 heteroatoms. The molecule has 0 bridgehead atoms. The third-order valence-electron chi connectivity index (χ3n) is 3.00. The zero-order valence-electron chi connectivity index (χ0n) is 11.7. The van der Waals surface area contributed by atoms with Crippen molar-refractivity contribution < 1.29 is 9.47 Å². The maximum atomic E-state index is 5.44. The molecule has 0 saturated carbocycles. The van der Waals surface area contributed by atoms with Crippen LogP contribution in [-0.4, -0.2) is 27.4 Å².